The van der Waals surface area contributed by atoms with Crippen LogP contribution in [-0.2, 0) is 0 Å². The van der Waals surface area contributed by atoms with E-state index in [2.05, 4.69) is 20.4 Å². The number of imidazole rings is 1. The second-order valence-electron chi connectivity index (χ2n) is 4.01. The molecule has 0 aliphatic heterocycles. The van der Waals surface area contributed by atoms with E-state index in [0.29, 0.717) is 16.8 Å². The van der Waals surface area contributed by atoms with Crippen LogP contribution in [0.1, 0.15) is 10.5 Å². The number of primary amides is 1. The fourth-order valence-electron chi connectivity index (χ4n) is 1.97. The maximum absolute atomic E-state index is 12.0. The summed E-state index contributed by atoms with van der Waals surface area (Å²) in [5.74, 6) is -0.122. The summed E-state index contributed by atoms with van der Waals surface area (Å²) in [4.78, 5) is 26.0. The highest BCUT2D eigenvalue weighted by molar-refractivity contribution is 5.94. The predicted molar refractivity (Wildman–Crippen MR) is 68.9 cm³/mol. The minimum absolute atomic E-state index is 0.0546. The monoisotopic (exact) mass is 274 g/mol. The van der Waals surface area contributed by atoms with Crippen LogP contribution in [0.2, 0.25) is 0 Å². The zero-order chi connectivity index (χ0) is 14.3. The standard InChI is InChI=1S/C11H10N6O3/c1-20-5-2-3-7-6(4-5)13-11(19)17(7)10-8(9(12)18)14-16-15-10/h2-4H,1H3,(H2,12,18)(H,13,19)(H,14,15,16). The van der Waals surface area contributed by atoms with E-state index in [1.165, 1.54) is 11.7 Å². The van der Waals surface area contributed by atoms with Crippen LogP contribution < -0.4 is 16.2 Å². The van der Waals surface area contributed by atoms with Crippen LogP contribution in [0.3, 0.4) is 0 Å². The highest BCUT2D eigenvalue weighted by Crippen LogP contribution is 2.20. The van der Waals surface area contributed by atoms with Gasteiger partial charge in [-0.15, -0.1) is 10.2 Å². The molecule has 4 N–H and O–H groups in total. The molecule has 0 bridgehead atoms. The molecule has 0 fully saturated rings. The maximum Gasteiger partial charge on any atom is 0.332 e. The topological polar surface area (TPSA) is 132 Å². The van der Waals surface area contributed by atoms with Crippen molar-refractivity contribution in [2.45, 2.75) is 0 Å². The number of ether oxygens (including phenoxy) is 1. The summed E-state index contributed by atoms with van der Waals surface area (Å²) >= 11 is 0. The first-order valence-corrected chi connectivity index (χ1v) is 5.61. The largest absolute Gasteiger partial charge is 0.497 e. The van der Waals surface area contributed by atoms with E-state index in [-0.39, 0.29) is 11.5 Å². The molecule has 0 aliphatic rings. The number of rotatable bonds is 3. The van der Waals surface area contributed by atoms with Crippen LogP contribution in [0, 0.1) is 0 Å². The molecule has 0 saturated heterocycles. The van der Waals surface area contributed by atoms with Crippen LogP contribution in [0.4, 0.5) is 0 Å². The summed E-state index contributed by atoms with van der Waals surface area (Å²) in [6, 6.07) is 5.03. The van der Waals surface area contributed by atoms with Crippen molar-refractivity contribution in [3.8, 4) is 11.6 Å². The number of carbonyl (C=O) groups is 1. The molecule has 0 unspecified atom stereocenters. The maximum atomic E-state index is 12.0. The van der Waals surface area contributed by atoms with Gasteiger partial charge in [-0.2, -0.15) is 5.21 Å². The molecule has 3 rings (SSSR count). The van der Waals surface area contributed by atoms with Crippen molar-refractivity contribution in [2.24, 2.45) is 5.73 Å². The Morgan fingerprint density at radius 2 is 2.20 bits per heavy atom. The Morgan fingerprint density at radius 3 is 2.90 bits per heavy atom. The lowest BCUT2D eigenvalue weighted by Gasteiger charge is -2.01. The normalized spacial score (nSPS) is 10.8. The number of benzene rings is 1. The Labute approximate surface area is 111 Å². The van der Waals surface area contributed by atoms with Crippen LogP contribution in [-0.4, -0.2) is 38.0 Å². The van der Waals surface area contributed by atoms with Gasteiger partial charge in [-0.3, -0.25) is 4.79 Å². The summed E-state index contributed by atoms with van der Waals surface area (Å²) in [5.41, 5.74) is 5.72. The average molecular weight is 274 g/mol. The number of fused-ring (bicyclic) bond motifs is 1. The van der Waals surface area contributed by atoms with Gasteiger partial charge < -0.3 is 15.5 Å². The molecule has 0 atom stereocenters. The van der Waals surface area contributed by atoms with Crippen LogP contribution in [0.25, 0.3) is 16.9 Å². The van der Waals surface area contributed by atoms with E-state index in [1.807, 2.05) is 0 Å². The van der Waals surface area contributed by atoms with Gasteiger partial charge in [0.15, 0.2) is 11.5 Å². The van der Waals surface area contributed by atoms with Gasteiger partial charge in [0.1, 0.15) is 5.75 Å². The number of aromatic amines is 2. The number of H-pyrrole nitrogens is 2. The molecule has 1 amide bonds. The summed E-state index contributed by atoms with van der Waals surface area (Å²) < 4.78 is 6.31. The Morgan fingerprint density at radius 1 is 1.40 bits per heavy atom. The highest BCUT2D eigenvalue weighted by atomic mass is 16.5. The third kappa shape index (κ3) is 1.64. The minimum Gasteiger partial charge on any atom is -0.497 e. The molecule has 0 spiro atoms. The van der Waals surface area contributed by atoms with Gasteiger partial charge in [-0.1, -0.05) is 0 Å². The number of hydrogen-bond acceptors (Lipinski definition) is 5. The average Bonchev–Trinajstić information content (AvgIpc) is 3.00. The van der Waals surface area contributed by atoms with Crippen LogP contribution in [0.15, 0.2) is 23.0 Å². The molecule has 0 aliphatic carbocycles. The van der Waals surface area contributed by atoms with Gasteiger partial charge in [0, 0.05) is 6.07 Å². The van der Waals surface area contributed by atoms with E-state index in [9.17, 15) is 9.59 Å². The van der Waals surface area contributed by atoms with Gasteiger partial charge in [-0.25, -0.2) is 9.36 Å². The number of hydrogen-bond donors (Lipinski definition) is 3. The SMILES string of the molecule is COc1ccc2c(c1)[nH]c(=O)n2-c1n[nH]nc1C(N)=O. The van der Waals surface area contributed by atoms with E-state index < -0.39 is 11.6 Å². The van der Waals surface area contributed by atoms with Crippen molar-refractivity contribution in [2.75, 3.05) is 7.11 Å². The van der Waals surface area contributed by atoms with E-state index in [4.69, 9.17) is 10.5 Å². The summed E-state index contributed by atoms with van der Waals surface area (Å²) in [6.45, 7) is 0. The Hall–Kier alpha value is -3.10. The smallest absolute Gasteiger partial charge is 0.332 e. The predicted octanol–water partition coefficient (Wildman–Crippen LogP) is -0.456. The van der Waals surface area contributed by atoms with Crippen molar-refractivity contribution in [3.05, 3.63) is 34.4 Å². The molecule has 9 heteroatoms. The van der Waals surface area contributed by atoms with E-state index in [0.717, 1.165) is 0 Å². The van der Waals surface area contributed by atoms with Crippen LogP contribution in [0.5, 0.6) is 5.75 Å². The third-order valence-electron chi connectivity index (χ3n) is 2.86. The van der Waals surface area contributed by atoms with Gasteiger partial charge in [0.05, 0.1) is 18.1 Å². The molecule has 2 aromatic heterocycles. The van der Waals surface area contributed by atoms with Gasteiger partial charge in [0.2, 0.25) is 0 Å². The Balaban J connectivity index is 2.31. The molecule has 1 aromatic carbocycles. The first-order valence-electron chi connectivity index (χ1n) is 5.61. The third-order valence-corrected chi connectivity index (χ3v) is 2.86. The molecule has 0 radical (unpaired) electrons. The van der Waals surface area contributed by atoms with E-state index in [1.54, 1.807) is 18.2 Å². The zero-order valence-electron chi connectivity index (χ0n) is 10.4. The Bertz CT molecular complexity index is 859. The lowest BCUT2D eigenvalue weighted by Crippen LogP contribution is -2.20. The van der Waals surface area contributed by atoms with Crippen molar-refractivity contribution in [1.82, 2.24) is 25.0 Å². The van der Waals surface area contributed by atoms with Crippen molar-refractivity contribution in [1.29, 1.82) is 0 Å². The van der Waals surface area contributed by atoms with Crippen LogP contribution >= 0.6 is 0 Å². The molecular formula is C11H10N6O3. The fraction of sp³-hybridized carbons (Fsp3) is 0.0909. The second-order valence-corrected chi connectivity index (χ2v) is 4.01. The van der Waals surface area contributed by atoms with Crippen molar-refractivity contribution < 1.29 is 9.53 Å². The molecule has 20 heavy (non-hydrogen) atoms. The summed E-state index contributed by atoms with van der Waals surface area (Å²) in [6.07, 6.45) is 0. The zero-order valence-corrected chi connectivity index (χ0v) is 10.4. The van der Waals surface area contributed by atoms with Gasteiger partial charge in [-0.05, 0) is 12.1 Å². The second kappa shape index (κ2) is 4.23. The minimum atomic E-state index is -0.775. The number of nitrogens with zero attached hydrogens (tertiary/aromatic N) is 3. The van der Waals surface area contributed by atoms with Crippen molar-refractivity contribution in [3.63, 3.8) is 0 Å². The molecular weight excluding hydrogens is 264 g/mol. The number of nitrogens with one attached hydrogen (secondary N) is 2. The highest BCUT2D eigenvalue weighted by Gasteiger charge is 2.19. The lowest BCUT2D eigenvalue weighted by atomic mass is 10.3. The van der Waals surface area contributed by atoms with E-state index >= 15 is 0 Å². The van der Waals surface area contributed by atoms with Gasteiger partial charge >= 0.3 is 5.69 Å². The first kappa shape index (κ1) is 12.0. The molecule has 3 aromatic rings. The fourth-order valence-corrected chi connectivity index (χ4v) is 1.97. The number of carbonyl (C=O) groups excluding carboxylic acids is 1. The van der Waals surface area contributed by atoms with Crippen molar-refractivity contribution >= 4 is 16.9 Å². The number of nitrogens with two attached hydrogens (primary N) is 1. The summed E-state index contributed by atoms with van der Waals surface area (Å²) in [7, 11) is 1.53. The number of aromatic nitrogens is 5. The molecule has 2 heterocycles. The molecule has 0 saturated carbocycles. The molecule has 102 valence electrons. The van der Waals surface area contributed by atoms with Gasteiger partial charge in [0.25, 0.3) is 5.91 Å². The quantitative estimate of drug-likeness (QED) is 0.594. The summed E-state index contributed by atoms with van der Waals surface area (Å²) in [5, 5.41) is 9.74. The number of methoxy groups -OCH3 is 1. The first-order chi connectivity index (χ1) is 9.61. The lowest BCUT2D eigenvalue weighted by molar-refractivity contribution is 0.0995. The number of amides is 1. The Kier molecular flexibility index (Phi) is 2.53. The molecule has 9 nitrogen and oxygen atoms in total.